The second-order valence-electron chi connectivity index (χ2n) is 5.68. The summed E-state index contributed by atoms with van der Waals surface area (Å²) in [5.41, 5.74) is 1.72. The molecule has 8 heteroatoms. The number of hydrogen-bond donors (Lipinski definition) is 1. The van der Waals surface area contributed by atoms with E-state index in [0.29, 0.717) is 23.6 Å². The summed E-state index contributed by atoms with van der Waals surface area (Å²) in [6.45, 7) is 0.347. The molecule has 27 heavy (non-hydrogen) atoms. The minimum atomic E-state index is -0.389. The topological polar surface area (TPSA) is 85.8 Å². The van der Waals surface area contributed by atoms with Crippen LogP contribution in [0.1, 0.15) is 15.9 Å². The van der Waals surface area contributed by atoms with Gasteiger partial charge in [-0.2, -0.15) is 9.67 Å². The van der Waals surface area contributed by atoms with Crippen molar-refractivity contribution >= 4 is 11.9 Å². The van der Waals surface area contributed by atoms with E-state index >= 15 is 0 Å². The average molecular weight is 363 g/mol. The summed E-state index contributed by atoms with van der Waals surface area (Å²) in [5, 5.41) is 7.36. The van der Waals surface area contributed by atoms with Crippen molar-refractivity contribution in [1.82, 2.24) is 19.7 Å². The molecule has 0 aliphatic carbocycles. The first kappa shape index (κ1) is 16.6. The molecule has 4 aromatic rings. The van der Waals surface area contributed by atoms with Crippen LogP contribution in [0.25, 0.3) is 11.5 Å². The summed E-state index contributed by atoms with van der Waals surface area (Å²) < 4.78 is 19.2. The fraction of sp³-hybridized carbons (Fsp3) is 0.0526. The smallest absolute Gasteiger partial charge is 0.284 e. The number of anilines is 1. The minimum Gasteiger partial charge on any atom is -0.472 e. The number of nitrogens with one attached hydrogen (secondary N) is 1. The lowest BCUT2D eigenvalue weighted by Gasteiger charge is -2.06. The number of benzene rings is 1. The molecule has 3 heterocycles. The summed E-state index contributed by atoms with van der Waals surface area (Å²) in [6.07, 6.45) is 4.38. The van der Waals surface area contributed by atoms with Gasteiger partial charge in [-0.15, -0.1) is 5.10 Å². The Morgan fingerprint density at radius 2 is 2.00 bits per heavy atom. The van der Waals surface area contributed by atoms with Crippen LogP contribution in [0.2, 0.25) is 0 Å². The van der Waals surface area contributed by atoms with Gasteiger partial charge in [0.05, 0.1) is 11.8 Å². The van der Waals surface area contributed by atoms with Crippen molar-refractivity contribution in [3.05, 3.63) is 84.2 Å². The molecule has 3 aromatic heterocycles. The standard InChI is InChI=1S/C19H14FN5O2/c20-15-6-4-13(5-7-15)11-22-19-23-17(16-3-1-2-9-21-16)24-25(19)18(26)14-8-10-27-12-14/h1-10,12H,11H2,(H,22,23,24). The molecule has 0 amide bonds. The highest BCUT2D eigenvalue weighted by molar-refractivity contribution is 5.96. The zero-order chi connectivity index (χ0) is 18.6. The molecule has 0 atom stereocenters. The Labute approximate surface area is 153 Å². The molecule has 0 saturated heterocycles. The lowest BCUT2D eigenvalue weighted by Crippen LogP contribution is -2.17. The molecule has 4 rings (SSSR count). The van der Waals surface area contributed by atoms with Crippen LogP contribution in [0.3, 0.4) is 0 Å². The molecule has 0 bridgehead atoms. The van der Waals surface area contributed by atoms with Gasteiger partial charge in [-0.1, -0.05) is 18.2 Å². The van der Waals surface area contributed by atoms with Crippen molar-refractivity contribution in [1.29, 1.82) is 0 Å². The first-order valence-electron chi connectivity index (χ1n) is 8.14. The lowest BCUT2D eigenvalue weighted by molar-refractivity contribution is 0.0947. The van der Waals surface area contributed by atoms with E-state index in [9.17, 15) is 9.18 Å². The molecule has 1 N–H and O–H groups in total. The van der Waals surface area contributed by atoms with E-state index < -0.39 is 0 Å². The largest absolute Gasteiger partial charge is 0.472 e. The van der Waals surface area contributed by atoms with Gasteiger partial charge in [0.25, 0.3) is 5.91 Å². The highest BCUT2D eigenvalue weighted by atomic mass is 19.1. The number of carbonyl (C=O) groups is 1. The third kappa shape index (κ3) is 3.59. The monoisotopic (exact) mass is 363 g/mol. The van der Waals surface area contributed by atoms with Gasteiger partial charge in [-0.3, -0.25) is 9.78 Å². The van der Waals surface area contributed by atoms with Crippen LogP contribution in [0.15, 0.2) is 71.7 Å². The van der Waals surface area contributed by atoms with Gasteiger partial charge in [-0.05, 0) is 35.9 Å². The molecule has 0 radical (unpaired) electrons. The molecule has 0 unspecified atom stereocenters. The minimum absolute atomic E-state index is 0.256. The predicted octanol–water partition coefficient (Wildman–Crippen LogP) is 3.37. The highest BCUT2D eigenvalue weighted by Crippen LogP contribution is 2.18. The van der Waals surface area contributed by atoms with Crippen molar-refractivity contribution in [3.63, 3.8) is 0 Å². The van der Waals surface area contributed by atoms with E-state index in [1.165, 1.54) is 29.3 Å². The normalized spacial score (nSPS) is 10.7. The van der Waals surface area contributed by atoms with Crippen LogP contribution in [0.4, 0.5) is 10.3 Å². The molecule has 7 nitrogen and oxygen atoms in total. The molecule has 1 aromatic carbocycles. The number of carbonyl (C=O) groups excluding carboxylic acids is 1. The van der Waals surface area contributed by atoms with Crippen LogP contribution in [-0.4, -0.2) is 25.7 Å². The van der Waals surface area contributed by atoms with Crippen molar-refractivity contribution in [2.24, 2.45) is 0 Å². The maximum absolute atomic E-state index is 13.1. The predicted molar refractivity (Wildman–Crippen MR) is 95.4 cm³/mol. The van der Waals surface area contributed by atoms with E-state index in [2.05, 4.69) is 20.4 Å². The zero-order valence-corrected chi connectivity index (χ0v) is 14.0. The third-order valence-electron chi connectivity index (χ3n) is 3.83. The van der Waals surface area contributed by atoms with Gasteiger partial charge < -0.3 is 9.73 Å². The maximum atomic E-state index is 13.1. The molecule has 134 valence electrons. The van der Waals surface area contributed by atoms with Crippen molar-refractivity contribution in [3.8, 4) is 11.5 Å². The second-order valence-corrected chi connectivity index (χ2v) is 5.68. The Balaban J connectivity index is 1.66. The first-order valence-corrected chi connectivity index (χ1v) is 8.14. The molecule has 0 fully saturated rings. The summed E-state index contributed by atoms with van der Waals surface area (Å²) in [5.74, 6) is -0.130. The van der Waals surface area contributed by atoms with E-state index in [1.54, 1.807) is 36.5 Å². The van der Waals surface area contributed by atoms with Crippen molar-refractivity contribution in [2.45, 2.75) is 6.54 Å². The van der Waals surface area contributed by atoms with Gasteiger partial charge in [0, 0.05) is 12.7 Å². The SMILES string of the molecule is O=C(c1ccoc1)n1nc(-c2ccccn2)nc1NCc1ccc(F)cc1. The Kier molecular flexibility index (Phi) is 4.44. The Morgan fingerprint density at radius 3 is 2.70 bits per heavy atom. The zero-order valence-electron chi connectivity index (χ0n) is 14.0. The van der Waals surface area contributed by atoms with Gasteiger partial charge in [0.15, 0.2) is 0 Å². The van der Waals surface area contributed by atoms with Crippen LogP contribution in [-0.2, 0) is 6.54 Å². The summed E-state index contributed by atoms with van der Waals surface area (Å²) >= 11 is 0. The third-order valence-corrected chi connectivity index (χ3v) is 3.83. The lowest BCUT2D eigenvalue weighted by atomic mass is 10.2. The Bertz CT molecular complexity index is 1040. The number of furan rings is 1. The number of aromatic nitrogens is 4. The van der Waals surface area contributed by atoms with E-state index in [-0.39, 0.29) is 17.7 Å². The van der Waals surface area contributed by atoms with E-state index in [1.807, 2.05) is 6.07 Å². The van der Waals surface area contributed by atoms with Gasteiger partial charge in [-0.25, -0.2) is 4.39 Å². The first-order chi connectivity index (χ1) is 13.2. The van der Waals surface area contributed by atoms with Crippen LogP contribution in [0, 0.1) is 5.82 Å². The number of nitrogens with zero attached hydrogens (tertiary/aromatic N) is 4. The Morgan fingerprint density at radius 1 is 1.15 bits per heavy atom. The van der Waals surface area contributed by atoms with Gasteiger partial charge in [0.2, 0.25) is 11.8 Å². The molecule has 0 aliphatic heterocycles. The van der Waals surface area contributed by atoms with Gasteiger partial charge in [0.1, 0.15) is 17.8 Å². The maximum Gasteiger partial charge on any atom is 0.284 e. The molecule has 0 aliphatic rings. The van der Waals surface area contributed by atoms with Crippen molar-refractivity contribution < 1.29 is 13.6 Å². The fourth-order valence-electron chi connectivity index (χ4n) is 2.46. The van der Waals surface area contributed by atoms with Crippen LogP contribution < -0.4 is 5.32 Å². The van der Waals surface area contributed by atoms with Crippen LogP contribution in [0.5, 0.6) is 0 Å². The number of pyridine rings is 1. The molecular weight excluding hydrogens is 349 g/mol. The molecule has 0 saturated carbocycles. The van der Waals surface area contributed by atoms with E-state index in [4.69, 9.17) is 4.42 Å². The van der Waals surface area contributed by atoms with E-state index in [0.717, 1.165) is 5.56 Å². The summed E-state index contributed by atoms with van der Waals surface area (Å²) in [7, 11) is 0. The number of rotatable bonds is 5. The van der Waals surface area contributed by atoms with Crippen LogP contribution >= 0.6 is 0 Å². The van der Waals surface area contributed by atoms with Gasteiger partial charge >= 0.3 is 0 Å². The summed E-state index contributed by atoms with van der Waals surface area (Å²) in [6, 6.07) is 13.0. The number of hydrogen-bond acceptors (Lipinski definition) is 6. The molecule has 0 spiro atoms. The summed E-state index contributed by atoms with van der Waals surface area (Å²) in [4.78, 5) is 21.3. The highest BCUT2D eigenvalue weighted by Gasteiger charge is 2.19. The second kappa shape index (κ2) is 7.20. The number of halogens is 1. The fourth-order valence-corrected chi connectivity index (χ4v) is 2.46. The van der Waals surface area contributed by atoms with Crippen molar-refractivity contribution in [2.75, 3.05) is 5.32 Å². The Hall–Kier alpha value is -3.81. The average Bonchev–Trinajstić information content (AvgIpc) is 3.38. The molecular formula is C19H14FN5O2. The quantitative estimate of drug-likeness (QED) is 0.585.